The first kappa shape index (κ1) is 12.6. The molecule has 0 aliphatic rings. The second-order valence-electron chi connectivity index (χ2n) is 3.07. The van der Waals surface area contributed by atoms with E-state index < -0.39 is 18.8 Å². The Labute approximate surface area is 95.0 Å². The predicted molar refractivity (Wildman–Crippen MR) is 54.5 cm³/mol. The summed E-state index contributed by atoms with van der Waals surface area (Å²) < 4.78 is 25.2. The number of nitrogens with zero attached hydrogens (tertiary/aromatic N) is 1. The van der Waals surface area contributed by atoms with Gasteiger partial charge in [0.25, 0.3) is 6.43 Å². The molecule has 88 valence electrons. The van der Waals surface area contributed by atoms with E-state index in [2.05, 4.69) is 4.98 Å². The summed E-state index contributed by atoms with van der Waals surface area (Å²) in [5, 5.41) is 8.55. The van der Waals surface area contributed by atoms with Gasteiger partial charge in [-0.3, -0.25) is 4.79 Å². The highest BCUT2D eigenvalue weighted by atomic mass is 35.5. The van der Waals surface area contributed by atoms with E-state index in [1.807, 2.05) is 0 Å². The Kier molecular flexibility index (Phi) is 4.00. The molecule has 0 aromatic carbocycles. The molecule has 0 aliphatic carbocycles. The van der Waals surface area contributed by atoms with E-state index >= 15 is 0 Å². The van der Waals surface area contributed by atoms with Gasteiger partial charge < -0.3 is 10.8 Å². The average Bonchev–Trinajstić information content (AvgIpc) is 2.19. The number of pyridine rings is 1. The van der Waals surface area contributed by atoms with Crippen LogP contribution in [0.3, 0.4) is 0 Å². The van der Waals surface area contributed by atoms with Gasteiger partial charge in [-0.2, -0.15) is 0 Å². The van der Waals surface area contributed by atoms with Crippen molar-refractivity contribution >= 4 is 23.4 Å². The summed E-state index contributed by atoms with van der Waals surface area (Å²) in [7, 11) is 0. The number of hydrogen-bond acceptors (Lipinski definition) is 3. The van der Waals surface area contributed by atoms with Crippen LogP contribution in [0, 0.1) is 0 Å². The van der Waals surface area contributed by atoms with Gasteiger partial charge in [0, 0.05) is 11.1 Å². The standard InChI is InChI=1S/C9H9ClF2N2O2/c10-3-6-5(8(11)12)1-4(2-7(15)16)9(13)14-6/h1,8H,2-3H2,(H2,13,14)(H,15,16). The summed E-state index contributed by atoms with van der Waals surface area (Å²) in [6, 6.07) is 1.04. The summed E-state index contributed by atoms with van der Waals surface area (Å²) in [5.74, 6) is -1.44. The number of alkyl halides is 3. The van der Waals surface area contributed by atoms with E-state index in [0.717, 1.165) is 6.07 Å². The van der Waals surface area contributed by atoms with Crippen LogP contribution in [0.4, 0.5) is 14.6 Å². The summed E-state index contributed by atoms with van der Waals surface area (Å²) in [6.45, 7) is 0. The topological polar surface area (TPSA) is 76.2 Å². The van der Waals surface area contributed by atoms with Crippen molar-refractivity contribution in [2.75, 3.05) is 5.73 Å². The van der Waals surface area contributed by atoms with Gasteiger partial charge in [0.15, 0.2) is 0 Å². The van der Waals surface area contributed by atoms with Gasteiger partial charge in [-0.15, -0.1) is 11.6 Å². The molecule has 0 radical (unpaired) electrons. The smallest absolute Gasteiger partial charge is 0.307 e. The van der Waals surface area contributed by atoms with Gasteiger partial charge in [0.05, 0.1) is 18.0 Å². The highest BCUT2D eigenvalue weighted by Gasteiger charge is 2.17. The van der Waals surface area contributed by atoms with Gasteiger partial charge in [0.1, 0.15) is 5.82 Å². The van der Waals surface area contributed by atoms with Crippen molar-refractivity contribution in [1.82, 2.24) is 4.98 Å². The van der Waals surface area contributed by atoms with Crippen molar-refractivity contribution in [3.8, 4) is 0 Å². The third-order valence-electron chi connectivity index (χ3n) is 1.95. The van der Waals surface area contributed by atoms with E-state index in [4.69, 9.17) is 22.4 Å². The molecular formula is C9H9ClF2N2O2. The molecule has 0 spiro atoms. The number of carboxylic acids is 1. The molecule has 1 rings (SSSR count). The van der Waals surface area contributed by atoms with Crippen LogP contribution in [0.25, 0.3) is 0 Å². The molecule has 7 heteroatoms. The lowest BCUT2D eigenvalue weighted by atomic mass is 10.1. The monoisotopic (exact) mass is 250 g/mol. The SMILES string of the molecule is Nc1nc(CCl)c(C(F)F)cc1CC(=O)O. The normalized spacial score (nSPS) is 10.8. The molecule has 3 N–H and O–H groups in total. The van der Waals surface area contributed by atoms with E-state index in [1.165, 1.54) is 0 Å². The summed E-state index contributed by atoms with van der Waals surface area (Å²) in [4.78, 5) is 14.1. The van der Waals surface area contributed by atoms with Gasteiger partial charge in [0.2, 0.25) is 0 Å². The number of halogens is 3. The van der Waals surface area contributed by atoms with Crippen LogP contribution in [-0.2, 0) is 17.1 Å². The van der Waals surface area contributed by atoms with Crippen LogP contribution < -0.4 is 5.73 Å². The maximum Gasteiger partial charge on any atom is 0.307 e. The van der Waals surface area contributed by atoms with Crippen molar-refractivity contribution in [3.05, 3.63) is 22.9 Å². The minimum absolute atomic E-state index is 0.0247. The number of anilines is 1. The van der Waals surface area contributed by atoms with E-state index in [0.29, 0.717) is 0 Å². The van der Waals surface area contributed by atoms with Crippen molar-refractivity contribution in [3.63, 3.8) is 0 Å². The van der Waals surface area contributed by atoms with Gasteiger partial charge in [-0.05, 0) is 6.07 Å². The average molecular weight is 251 g/mol. The third kappa shape index (κ3) is 2.79. The first-order valence-electron chi connectivity index (χ1n) is 4.29. The second-order valence-corrected chi connectivity index (χ2v) is 3.34. The van der Waals surface area contributed by atoms with E-state index in [1.54, 1.807) is 0 Å². The molecule has 0 unspecified atom stereocenters. The maximum absolute atomic E-state index is 12.6. The Bertz CT molecular complexity index is 413. The second kappa shape index (κ2) is 5.07. The number of hydrogen-bond donors (Lipinski definition) is 2. The summed E-state index contributed by atoms with van der Waals surface area (Å²) in [5.41, 5.74) is 5.10. The Morgan fingerprint density at radius 2 is 2.25 bits per heavy atom. The number of carbonyl (C=O) groups is 1. The van der Waals surface area contributed by atoms with E-state index in [9.17, 15) is 13.6 Å². The fraction of sp³-hybridized carbons (Fsp3) is 0.333. The number of carboxylic acid groups (broad SMARTS) is 1. The zero-order chi connectivity index (χ0) is 12.3. The lowest BCUT2D eigenvalue weighted by Gasteiger charge is -2.10. The van der Waals surface area contributed by atoms with Crippen LogP contribution in [-0.4, -0.2) is 16.1 Å². The lowest BCUT2D eigenvalue weighted by molar-refractivity contribution is -0.136. The zero-order valence-corrected chi connectivity index (χ0v) is 8.84. The fourth-order valence-electron chi connectivity index (χ4n) is 1.23. The molecule has 1 aromatic heterocycles. The van der Waals surface area contributed by atoms with Crippen LogP contribution in [0.1, 0.15) is 23.2 Å². The summed E-state index contributed by atoms with van der Waals surface area (Å²) >= 11 is 5.44. The van der Waals surface area contributed by atoms with Gasteiger partial charge in [-0.1, -0.05) is 0 Å². The number of aromatic nitrogens is 1. The Balaban J connectivity index is 3.21. The minimum Gasteiger partial charge on any atom is -0.481 e. The number of nitrogen functional groups attached to an aromatic ring is 1. The lowest BCUT2D eigenvalue weighted by Crippen LogP contribution is -2.09. The Morgan fingerprint density at radius 1 is 1.62 bits per heavy atom. The molecule has 0 atom stereocenters. The Hall–Kier alpha value is -1.43. The minimum atomic E-state index is -2.76. The predicted octanol–water partition coefficient (Wildman–Crippen LogP) is 1.97. The highest BCUT2D eigenvalue weighted by Crippen LogP contribution is 2.26. The van der Waals surface area contributed by atoms with Crippen molar-refractivity contribution in [2.45, 2.75) is 18.7 Å². The molecule has 0 aliphatic heterocycles. The first-order chi connectivity index (χ1) is 7.45. The van der Waals surface area contributed by atoms with Crippen LogP contribution >= 0.6 is 11.6 Å². The number of aliphatic carboxylic acids is 1. The van der Waals surface area contributed by atoms with Crippen LogP contribution in [0.2, 0.25) is 0 Å². The molecule has 1 heterocycles. The van der Waals surface area contributed by atoms with Crippen molar-refractivity contribution in [1.29, 1.82) is 0 Å². The largest absolute Gasteiger partial charge is 0.481 e. The van der Waals surface area contributed by atoms with Crippen LogP contribution in [0.5, 0.6) is 0 Å². The first-order valence-corrected chi connectivity index (χ1v) is 4.83. The molecule has 0 saturated carbocycles. The molecule has 4 nitrogen and oxygen atoms in total. The molecule has 0 bridgehead atoms. The molecular weight excluding hydrogens is 242 g/mol. The van der Waals surface area contributed by atoms with Gasteiger partial charge >= 0.3 is 5.97 Å². The molecule has 0 fully saturated rings. The van der Waals surface area contributed by atoms with Gasteiger partial charge in [-0.25, -0.2) is 13.8 Å². The molecule has 0 amide bonds. The third-order valence-corrected chi connectivity index (χ3v) is 2.20. The quantitative estimate of drug-likeness (QED) is 0.801. The zero-order valence-electron chi connectivity index (χ0n) is 8.08. The van der Waals surface area contributed by atoms with Crippen molar-refractivity contribution < 1.29 is 18.7 Å². The number of rotatable bonds is 4. The molecule has 16 heavy (non-hydrogen) atoms. The Morgan fingerprint density at radius 3 is 2.69 bits per heavy atom. The van der Waals surface area contributed by atoms with Crippen molar-refractivity contribution in [2.24, 2.45) is 0 Å². The molecule has 0 saturated heterocycles. The number of nitrogens with two attached hydrogens (primary N) is 1. The van der Waals surface area contributed by atoms with E-state index in [-0.39, 0.29) is 28.5 Å². The summed E-state index contributed by atoms with van der Waals surface area (Å²) in [6.07, 6.45) is -3.20. The van der Waals surface area contributed by atoms with Crippen LogP contribution in [0.15, 0.2) is 6.07 Å². The highest BCUT2D eigenvalue weighted by molar-refractivity contribution is 6.17. The fourth-order valence-corrected chi connectivity index (χ4v) is 1.44. The maximum atomic E-state index is 12.6. The molecule has 1 aromatic rings.